The van der Waals surface area contributed by atoms with Crippen LogP contribution in [0.3, 0.4) is 0 Å². The van der Waals surface area contributed by atoms with Crippen molar-refractivity contribution in [2.45, 2.75) is 58.9 Å². The standard InChI is InChI=1S/C18H36N2O8P2/c1-5-25-29(23,26-6-2)18(30(24,27-7-3)28-8-4)20-17(22)10-9-16(21)15-11-13-19-14-12-15/h15,18-19H,5-14H2,1-4H3,(H,20,22). The maximum absolute atomic E-state index is 13.4. The van der Waals surface area contributed by atoms with Crippen LogP contribution < -0.4 is 10.6 Å². The van der Waals surface area contributed by atoms with Gasteiger partial charge in [-0.15, -0.1) is 0 Å². The van der Waals surface area contributed by atoms with Crippen LogP contribution in [-0.4, -0.2) is 56.7 Å². The average molecular weight is 470 g/mol. The molecule has 10 nitrogen and oxygen atoms in total. The lowest BCUT2D eigenvalue weighted by atomic mass is 9.91. The van der Waals surface area contributed by atoms with E-state index in [2.05, 4.69) is 10.6 Å². The van der Waals surface area contributed by atoms with Crippen molar-refractivity contribution >= 4 is 26.9 Å². The smallest absolute Gasteiger partial charge is 0.332 e. The van der Waals surface area contributed by atoms with Crippen LogP contribution in [0.15, 0.2) is 0 Å². The molecule has 1 aliphatic rings. The summed E-state index contributed by atoms with van der Waals surface area (Å²) in [6, 6.07) is 0. The normalized spacial score (nSPS) is 16.0. The molecule has 0 saturated carbocycles. The first kappa shape index (κ1) is 27.4. The number of carbonyl (C=O) groups is 2. The third kappa shape index (κ3) is 8.15. The highest BCUT2D eigenvalue weighted by atomic mass is 31.2. The van der Waals surface area contributed by atoms with E-state index in [-0.39, 0.29) is 51.0 Å². The van der Waals surface area contributed by atoms with Gasteiger partial charge >= 0.3 is 15.2 Å². The van der Waals surface area contributed by atoms with Crippen molar-refractivity contribution < 1.29 is 36.8 Å². The molecule has 1 heterocycles. The maximum Gasteiger partial charge on any atom is 0.365 e. The van der Waals surface area contributed by atoms with Crippen LogP contribution in [0.5, 0.6) is 0 Å². The summed E-state index contributed by atoms with van der Waals surface area (Å²) in [5.74, 6) is -0.647. The van der Waals surface area contributed by atoms with Gasteiger partial charge < -0.3 is 28.7 Å². The predicted molar refractivity (Wildman–Crippen MR) is 113 cm³/mol. The fourth-order valence-electron chi connectivity index (χ4n) is 3.21. The second kappa shape index (κ2) is 13.7. The zero-order valence-corrected chi connectivity index (χ0v) is 20.2. The number of piperidine rings is 1. The number of amides is 1. The SMILES string of the molecule is CCOP(=O)(OCC)C(NC(=O)CCC(=O)C1CCNCC1)P(=O)(OCC)OCC. The number of hydrogen-bond acceptors (Lipinski definition) is 9. The molecule has 1 saturated heterocycles. The third-order valence-corrected chi connectivity index (χ3v) is 10.1. The van der Waals surface area contributed by atoms with E-state index in [1.165, 1.54) is 0 Å². The Bertz CT molecular complexity index is 590. The largest absolute Gasteiger partial charge is 0.365 e. The highest BCUT2D eigenvalue weighted by Crippen LogP contribution is 2.69. The number of nitrogens with one attached hydrogen (secondary N) is 2. The monoisotopic (exact) mass is 470 g/mol. The van der Waals surface area contributed by atoms with Crippen molar-refractivity contribution in [1.82, 2.24) is 10.6 Å². The molecule has 30 heavy (non-hydrogen) atoms. The molecule has 12 heteroatoms. The van der Waals surface area contributed by atoms with Gasteiger partial charge in [-0.3, -0.25) is 18.7 Å². The van der Waals surface area contributed by atoms with Gasteiger partial charge in [0.05, 0.1) is 26.4 Å². The predicted octanol–water partition coefficient (Wildman–Crippen LogP) is 3.27. The molecule has 0 unspecified atom stereocenters. The molecule has 0 radical (unpaired) electrons. The first-order chi connectivity index (χ1) is 14.3. The summed E-state index contributed by atoms with van der Waals surface area (Å²) < 4.78 is 48.0. The lowest BCUT2D eigenvalue weighted by molar-refractivity contribution is -0.127. The molecule has 1 fully saturated rings. The van der Waals surface area contributed by atoms with E-state index in [9.17, 15) is 18.7 Å². The molecule has 1 rings (SSSR count). The first-order valence-electron chi connectivity index (χ1n) is 10.6. The Balaban J connectivity index is 2.97. The van der Waals surface area contributed by atoms with Gasteiger partial charge in [0.2, 0.25) is 11.4 Å². The molecular formula is C18H36N2O8P2. The molecule has 0 aromatic heterocycles. The fourth-order valence-corrected chi connectivity index (χ4v) is 8.15. The van der Waals surface area contributed by atoms with Crippen molar-refractivity contribution in [2.75, 3.05) is 39.5 Å². The second-order valence-electron chi connectivity index (χ2n) is 6.68. The van der Waals surface area contributed by atoms with Crippen molar-refractivity contribution in [3.8, 4) is 0 Å². The Kier molecular flexibility index (Phi) is 12.6. The molecule has 2 N–H and O–H groups in total. The zero-order valence-electron chi connectivity index (χ0n) is 18.4. The molecule has 1 aliphatic heterocycles. The molecule has 1 amide bonds. The fraction of sp³-hybridized carbons (Fsp3) is 0.889. The highest BCUT2D eigenvalue weighted by molar-refractivity contribution is 7.72. The van der Waals surface area contributed by atoms with Crippen LogP contribution in [0.4, 0.5) is 0 Å². The van der Waals surface area contributed by atoms with E-state index < -0.39 is 26.6 Å². The Morgan fingerprint density at radius 3 is 1.70 bits per heavy atom. The van der Waals surface area contributed by atoms with Gasteiger partial charge in [-0.25, -0.2) is 0 Å². The Morgan fingerprint density at radius 1 is 0.867 bits per heavy atom. The summed E-state index contributed by atoms with van der Waals surface area (Å²) in [7, 11) is -8.15. The van der Waals surface area contributed by atoms with Gasteiger partial charge in [0.1, 0.15) is 5.78 Å². The van der Waals surface area contributed by atoms with Crippen LogP contribution in [-0.2, 0) is 36.8 Å². The van der Waals surface area contributed by atoms with E-state index >= 15 is 0 Å². The van der Waals surface area contributed by atoms with Crippen LogP contribution in [0.25, 0.3) is 0 Å². The third-order valence-electron chi connectivity index (χ3n) is 4.52. The summed E-state index contributed by atoms with van der Waals surface area (Å²) in [6.07, 6.45) is 1.41. The van der Waals surface area contributed by atoms with Crippen molar-refractivity contribution in [2.24, 2.45) is 5.92 Å². The number of hydrogen-bond donors (Lipinski definition) is 2. The molecule has 0 atom stereocenters. The molecule has 0 bridgehead atoms. The van der Waals surface area contributed by atoms with E-state index in [4.69, 9.17) is 18.1 Å². The van der Waals surface area contributed by atoms with Gasteiger partial charge in [-0.05, 0) is 53.6 Å². The van der Waals surface area contributed by atoms with E-state index in [0.717, 1.165) is 25.9 Å². The second-order valence-corrected chi connectivity index (χ2v) is 11.3. The van der Waals surface area contributed by atoms with Gasteiger partial charge in [0.25, 0.3) is 0 Å². The first-order valence-corrected chi connectivity index (χ1v) is 13.8. The summed E-state index contributed by atoms with van der Waals surface area (Å²) in [5, 5.41) is 5.66. The van der Waals surface area contributed by atoms with E-state index in [1.807, 2.05) is 0 Å². The minimum absolute atomic E-state index is 0.0100. The Morgan fingerprint density at radius 2 is 1.30 bits per heavy atom. The number of rotatable bonds is 15. The Hall–Kier alpha value is -0.600. The van der Waals surface area contributed by atoms with Crippen molar-refractivity contribution in [3.63, 3.8) is 0 Å². The number of Topliss-reactive ketones (excluding diaryl/α,β-unsaturated/α-hetero) is 1. The summed E-state index contributed by atoms with van der Waals surface area (Å²) >= 11 is 0. The lowest BCUT2D eigenvalue weighted by Crippen LogP contribution is -2.37. The highest BCUT2D eigenvalue weighted by Gasteiger charge is 2.52. The van der Waals surface area contributed by atoms with Crippen LogP contribution in [0.1, 0.15) is 53.4 Å². The molecule has 0 spiro atoms. The van der Waals surface area contributed by atoms with Crippen molar-refractivity contribution in [3.05, 3.63) is 0 Å². The van der Waals surface area contributed by atoms with Crippen molar-refractivity contribution in [1.29, 1.82) is 0 Å². The van der Waals surface area contributed by atoms with Crippen LogP contribution in [0, 0.1) is 5.92 Å². The van der Waals surface area contributed by atoms with Gasteiger partial charge in [0, 0.05) is 18.8 Å². The van der Waals surface area contributed by atoms with E-state index in [0.29, 0.717) is 0 Å². The Labute approximate surface area is 179 Å². The average Bonchev–Trinajstić information content (AvgIpc) is 2.71. The summed E-state index contributed by atoms with van der Waals surface area (Å²) in [6.45, 7) is 8.02. The summed E-state index contributed by atoms with van der Waals surface area (Å²) in [4.78, 5) is 25.0. The summed E-state index contributed by atoms with van der Waals surface area (Å²) in [5.41, 5.74) is -1.62. The van der Waals surface area contributed by atoms with Gasteiger partial charge in [-0.2, -0.15) is 0 Å². The minimum Gasteiger partial charge on any atom is -0.332 e. The van der Waals surface area contributed by atoms with Crippen LogP contribution in [0.2, 0.25) is 0 Å². The molecule has 176 valence electrons. The molecule has 0 aromatic carbocycles. The zero-order chi connectivity index (χ0) is 22.6. The molecule has 0 aromatic rings. The number of carbonyl (C=O) groups excluding carboxylic acids is 2. The van der Waals surface area contributed by atoms with Gasteiger partial charge in [0.15, 0.2) is 0 Å². The molecule has 0 aliphatic carbocycles. The molecular weight excluding hydrogens is 434 g/mol. The number of ketones is 1. The topological polar surface area (TPSA) is 129 Å². The van der Waals surface area contributed by atoms with Crippen LogP contribution >= 0.6 is 15.2 Å². The quantitative estimate of drug-likeness (QED) is 0.346. The van der Waals surface area contributed by atoms with Gasteiger partial charge in [-0.1, -0.05) is 0 Å². The maximum atomic E-state index is 13.4. The minimum atomic E-state index is -4.08. The van der Waals surface area contributed by atoms with E-state index in [1.54, 1.807) is 27.7 Å². The lowest BCUT2D eigenvalue weighted by Gasteiger charge is -2.31.